The Labute approximate surface area is 228 Å². The lowest BCUT2D eigenvalue weighted by Gasteiger charge is -2.24. The van der Waals surface area contributed by atoms with Gasteiger partial charge >= 0.3 is 0 Å². The summed E-state index contributed by atoms with van der Waals surface area (Å²) in [5.41, 5.74) is 2.28. The largest absolute Gasteiger partial charge is 0.0792 e. The molecular weight excluding hydrogens is 489 g/mol. The molecule has 0 aliphatic heterocycles. The fourth-order valence-electron chi connectivity index (χ4n) is 6.27. The van der Waals surface area contributed by atoms with Crippen LogP contribution in [0.1, 0.15) is 11.1 Å². The summed E-state index contributed by atoms with van der Waals surface area (Å²) in [6.07, 6.45) is 0. The Kier molecular flexibility index (Phi) is 5.83. The summed E-state index contributed by atoms with van der Waals surface area (Å²) < 4.78 is 0. The second kappa shape index (κ2) is 8.98. The number of hydrogen-bond acceptors (Lipinski definition) is 0. The SMILES string of the molecule is C[Si](C)(C)c1c2ccccc2c(C#Cc2c3ccccc3c([Si](C)(C)C)c3ccccc23)c2ccccc12. The standard InChI is InChI=1S/C36H34Si2/c1-37(2,3)35-31-19-11-7-15-25(31)29(26-16-8-12-20-32(26)35)23-24-30-27-17-9-13-21-33(27)36(38(4,5)6)34-22-14-10-18-28(30)34/h7-22H,1-6H3. The molecule has 0 saturated heterocycles. The highest BCUT2D eigenvalue weighted by Gasteiger charge is 2.25. The lowest BCUT2D eigenvalue weighted by molar-refractivity contribution is 1.70. The maximum absolute atomic E-state index is 3.74. The topological polar surface area (TPSA) is 0 Å². The molecule has 0 heterocycles. The fourth-order valence-corrected chi connectivity index (χ4v) is 10.4. The molecule has 6 aromatic carbocycles. The minimum atomic E-state index is -1.61. The second-order valence-corrected chi connectivity index (χ2v) is 22.4. The third-order valence-electron chi connectivity index (χ3n) is 7.68. The zero-order valence-electron chi connectivity index (χ0n) is 23.2. The summed E-state index contributed by atoms with van der Waals surface area (Å²) in [5.74, 6) is 7.49. The summed E-state index contributed by atoms with van der Waals surface area (Å²) in [4.78, 5) is 0. The molecule has 2 heteroatoms. The van der Waals surface area contributed by atoms with Crippen LogP contribution in [0.3, 0.4) is 0 Å². The molecule has 0 unspecified atom stereocenters. The number of benzene rings is 6. The molecule has 0 nitrogen and oxygen atoms in total. The van der Waals surface area contributed by atoms with Crippen LogP contribution in [0.4, 0.5) is 0 Å². The van der Waals surface area contributed by atoms with Gasteiger partial charge in [-0.25, -0.2) is 0 Å². The minimum Gasteiger partial charge on any atom is -0.0656 e. The molecule has 0 aliphatic rings. The van der Waals surface area contributed by atoms with Crippen molar-refractivity contribution in [3.8, 4) is 11.8 Å². The summed E-state index contributed by atoms with van der Waals surface area (Å²) >= 11 is 0. The average molecular weight is 523 g/mol. The van der Waals surface area contributed by atoms with E-state index in [4.69, 9.17) is 0 Å². The van der Waals surface area contributed by atoms with Gasteiger partial charge in [0.05, 0.1) is 16.1 Å². The quantitative estimate of drug-likeness (QED) is 0.121. The fraction of sp³-hybridized carbons (Fsp3) is 0.167. The van der Waals surface area contributed by atoms with Crippen LogP contribution in [0.2, 0.25) is 39.3 Å². The van der Waals surface area contributed by atoms with Crippen molar-refractivity contribution in [2.75, 3.05) is 0 Å². The molecule has 6 aromatic rings. The average Bonchev–Trinajstić information content (AvgIpc) is 2.88. The lowest BCUT2D eigenvalue weighted by Crippen LogP contribution is -2.39. The molecular formula is C36H34Si2. The van der Waals surface area contributed by atoms with Crippen LogP contribution in [0.25, 0.3) is 43.1 Å². The van der Waals surface area contributed by atoms with E-state index in [-0.39, 0.29) is 0 Å². The molecule has 0 fully saturated rings. The van der Waals surface area contributed by atoms with Gasteiger partial charge in [0.25, 0.3) is 0 Å². The van der Waals surface area contributed by atoms with Crippen molar-refractivity contribution >= 4 is 69.6 Å². The Hall–Kier alpha value is -3.65. The van der Waals surface area contributed by atoms with Crippen LogP contribution < -0.4 is 10.4 Å². The van der Waals surface area contributed by atoms with E-state index in [0.717, 1.165) is 11.1 Å². The highest BCUT2D eigenvalue weighted by Crippen LogP contribution is 2.31. The molecule has 6 rings (SSSR count). The van der Waals surface area contributed by atoms with Crippen LogP contribution in [0.15, 0.2) is 97.1 Å². The van der Waals surface area contributed by atoms with E-state index in [0.29, 0.717) is 0 Å². The van der Waals surface area contributed by atoms with E-state index in [1.54, 1.807) is 0 Å². The summed E-state index contributed by atoms with van der Waals surface area (Å²) in [7, 11) is -3.23. The van der Waals surface area contributed by atoms with Crippen LogP contribution in [-0.2, 0) is 0 Å². The molecule has 186 valence electrons. The maximum atomic E-state index is 3.74. The number of hydrogen-bond donors (Lipinski definition) is 0. The Bertz CT molecular complexity index is 1680. The van der Waals surface area contributed by atoms with Crippen LogP contribution >= 0.6 is 0 Å². The van der Waals surface area contributed by atoms with Gasteiger partial charge in [-0.1, -0.05) is 148 Å². The van der Waals surface area contributed by atoms with E-state index < -0.39 is 16.1 Å². The first-order valence-electron chi connectivity index (χ1n) is 13.6. The van der Waals surface area contributed by atoms with Crippen LogP contribution in [-0.4, -0.2) is 16.1 Å². The molecule has 0 radical (unpaired) electrons. The third kappa shape index (κ3) is 3.98. The predicted molar refractivity (Wildman–Crippen MR) is 175 cm³/mol. The van der Waals surface area contributed by atoms with Gasteiger partial charge in [-0.15, -0.1) is 0 Å². The Morgan fingerprint density at radius 1 is 0.342 bits per heavy atom. The van der Waals surface area contributed by atoms with Crippen molar-refractivity contribution in [1.82, 2.24) is 0 Å². The zero-order valence-corrected chi connectivity index (χ0v) is 25.2. The van der Waals surface area contributed by atoms with Gasteiger partial charge < -0.3 is 0 Å². The van der Waals surface area contributed by atoms with Gasteiger partial charge in [0.15, 0.2) is 0 Å². The van der Waals surface area contributed by atoms with Crippen molar-refractivity contribution in [2.24, 2.45) is 0 Å². The zero-order chi connectivity index (χ0) is 26.7. The Morgan fingerprint density at radius 2 is 0.553 bits per heavy atom. The first kappa shape index (κ1) is 24.7. The van der Waals surface area contributed by atoms with Gasteiger partial charge in [0.1, 0.15) is 0 Å². The first-order chi connectivity index (χ1) is 18.2. The first-order valence-corrected chi connectivity index (χ1v) is 20.6. The highest BCUT2D eigenvalue weighted by molar-refractivity contribution is 6.92. The van der Waals surface area contributed by atoms with E-state index in [2.05, 4.69) is 148 Å². The molecule has 0 N–H and O–H groups in total. The molecule has 0 aromatic heterocycles. The monoisotopic (exact) mass is 522 g/mol. The van der Waals surface area contributed by atoms with Crippen molar-refractivity contribution in [1.29, 1.82) is 0 Å². The number of rotatable bonds is 2. The van der Waals surface area contributed by atoms with E-state index >= 15 is 0 Å². The van der Waals surface area contributed by atoms with Crippen LogP contribution in [0.5, 0.6) is 0 Å². The molecule has 0 saturated carbocycles. The lowest BCUT2D eigenvalue weighted by atomic mass is 9.94. The highest BCUT2D eigenvalue weighted by atomic mass is 28.3. The number of fused-ring (bicyclic) bond motifs is 4. The Morgan fingerprint density at radius 3 is 0.763 bits per heavy atom. The minimum absolute atomic E-state index is 1.14. The van der Waals surface area contributed by atoms with Gasteiger partial charge in [-0.2, -0.15) is 0 Å². The summed E-state index contributed by atoms with van der Waals surface area (Å²) in [5, 5.41) is 13.6. The maximum Gasteiger partial charge on any atom is 0.0792 e. The van der Waals surface area contributed by atoms with Gasteiger partial charge in [-0.05, 0) is 53.5 Å². The summed E-state index contributed by atoms with van der Waals surface area (Å²) in [6, 6.07) is 35.6. The molecule has 0 spiro atoms. The van der Waals surface area contributed by atoms with Gasteiger partial charge in [-0.3, -0.25) is 0 Å². The normalized spacial score (nSPS) is 12.3. The van der Waals surface area contributed by atoms with E-state index in [1.807, 2.05) is 0 Å². The molecule has 38 heavy (non-hydrogen) atoms. The molecule has 0 amide bonds. The van der Waals surface area contributed by atoms with E-state index in [1.165, 1.54) is 53.5 Å². The predicted octanol–water partition coefficient (Wildman–Crippen LogP) is 8.79. The van der Waals surface area contributed by atoms with Crippen molar-refractivity contribution in [3.05, 3.63) is 108 Å². The summed E-state index contributed by atoms with van der Waals surface area (Å²) in [6.45, 7) is 14.7. The second-order valence-electron chi connectivity index (χ2n) is 12.4. The Balaban J connectivity index is 1.75. The van der Waals surface area contributed by atoms with Crippen molar-refractivity contribution in [2.45, 2.75) is 39.3 Å². The van der Waals surface area contributed by atoms with Crippen molar-refractivity contribution < 1.29 is 0 Å². The molecule has 0 aliphatic carbocycles. The molecule has 0 atom stereocenters. The molecule has 0 bridgehead atoms. The smallest absolute Gasteiger partial charge is 0.0656 e. The van der Waals surface area contributed by atoms with Crippen molar-refractivity contribution in [3.63, 3.8) is 0 Å². The van der Waals surface area contributed by atoms with Crippen LogP contribution in [0, 0.1) is 11.8 Å². The van der Waals surface area contributed by atoms with E-state index in [9.17, 15) is 0 Å². The third-order valence-corrected chi connectivity index (χ3v) is 11.8. The van der Waals surface area contributed by atoms with Gasteiger partial charge in [0, 0.05) is 11.1 Å². The van der Waals surface area contributed by atoms with Gasteiger partial charge in [0.2, 0.25) is 0 Å².